The lowest BCUT2D eigenvalue weighted by molar-refractivity contribution is -0.137. The fourth-order valence-electron chi connectivity index (χ4n) is 2.17. The zero-order chi connectivity index (χ0) is 17.2. The molecule has 0 atom stereocenters. The van der Waals surface area contributed by atoms with Gasteiger partial charge in [0.05, 0.1) is 13.2 Å². The van der Waals surface area contributed by atoms with E-state index in [0.717, 1.165) is 18.9 Å². The van der Waals surface area contributed by atoms with Crippen molar-refractivity contribution in [2.75, 3.05) is 19.8 Å². The van der Waals surface area contributed by atoms with Gasteiger partial charge in [0.1, 0.15) is 6.61 Å². The Labute approximate surface area is 140 Å². The molecule has 1 N–H and O–H groups in total. The summed E-state index contributed by atoms with van der Waals surface area (Å²) in [5.41, 5.74) is 0. The zero-order valence-corrected chi connectivity index (χ0v) is 14.6. The van der Waals surface area contributed by atoms with Gasteiger partial charge in [0.15, 0.2) is 0 Å². The summed E-state index contributed by atoms with van der Waals surface area (Å²) < 4.78 is 9.76. The van der Waals surface area contributed by atoms with Gasteiger partial charge in [-0.2, -0.15) is 0 Å². The van der Waals surface area contributed by atoms with Crippen molar-refractivity contribution in [3.63, 3.8) is 0 Å². The van der Waals surface area contributed by atoms with Crippen LogP contribution in [0.15, 0.2) is 12.7 Å². The van der Waals surface area contributed by atoms with Crippen LogP contribution in [-0.2, 0) is 14.3 Å². The molecule has 0 aromatic carbocycles. The molecular formula is C18H33NO4. The van der Waals surface area contributed by atoms with Crippen LogP contribution in [0.5, 0.6) is 0 Å². The molecule has 0 saturated heterocycles. The van der Waals surface area contributed by atoms with Gasteiger partial charge in [-0.3, -0.25) is 0 Å². The average Bonchev–Trinajstić information content (AvgIpc) is 2.56. The molecule has 0 radical (unpaired) electrons. The van der Waals surface area contributed by atoms with Crippen molar-refractivity contribution in [1.82, 2.24) is 5.32 Å². The molecule has 0 spiro atoms. The number of esters is 1. The van der Waals surface area contributed by atoms with Crippen molar-refractivity contribution in [3.8, 4) is 0 Å². The van der Waals surface area contributed by atoms with Gasteiger partial charge < -0.3 is 14.8 Å². The Morgan fingerprint density at radius 1 is 0.870 bits per heavy atom. The summed E-state index contributed by atoms with van der Waals surface area (Å²) >= 11 is 0. The van der Waals surface area contributed by atoms with Crippen LogP contribution in [0.25, 0.3) is 0 Å². The Bertz CT molecular complexity index is 318. The fourth-order valence-corrected chi connectivity index (χ4v) is 2.17. The van der Waals surface area contributed by atoms with Crippen molar-refractivity contribution in [3.05, 3.63) is 12.7 Å². The van der Waals surface area contributed by atoms with Crippen LogP contribution >= 0.6 is 0 Å². The van der Waals surface area contributed by atoms with Gasteiger partial charge in [-0.05, 0) is 6.42 Å². The molecule has 1 amide bonds. The van der Waals surface area contributed by atoms with E-state index in [4.69, 9.17) is 9.47 Å². The number of hydrogen-bond donors (Lipinski definition) is 1. The van der Waals surface area contributed by atoms with E-state index < -0.39 is 12.1 Å². The second-order valence-corrected chi connectivity index (χ2v) is 5.62. The Hall–Kier alpha value is -1.52. The molecule has 0 bridgehead atoms. The van der Waals surface area contributed by atoms with Crippen molar-refractivity contribution < 1.29 is 19.1 Å². The topological polar surface area (TPSA) is 64.6 Å². The second kappa shape index (κ2) is 16.8. The maximum atomic E-state index is 11.3. The number of rotatable bonds is 15. The number of nitrogens with one attached hydrogen (secondary N) is 1. The van der Waals surface area contributed by atoms with E-state index in [0.29, 0.717) is 6.61 Å². The Morgan fingerprint density at radius 2 is 1.43 bits per heavy atom. The highest BCUT2D eigenvalue weighted by molar-refractivity contribution is 5.81. The maximum absolute atomic E-state index is 11.3. The molecule has 5 heteroatoms. The normalized spacial score (nSPS) is 10.1. The molecule has 0 unspecified atom stereocenters. The van der Waals surface area contributed by atoms with Crippen molar-refractivity contribution in [2.45, 2.75) is 71.1 Å². The maximum Gasteiger partial charge on any atom is 0.407 e. The summed E-state index contributed by atoms with van der Waals surface area (Å²) in [7, 11) is 0. The lowest BCUT2D eigenvalue weighted by atomic mass is 10.1. The van der Waals surface area contributed by atoms with Crippen LogP contribution in [0.2, 0.25) is 0 Å². The van der Waals surface area contributed by atoms with Gasteiger partial charge in [-0.1, -0.05) is 71.3 Å². The zero-order valence-electron chi connectivity index (χ0n) is 14.6. The van der Waals surface area contributed by atoms with Gasteiger partial charge in [-0.25, -0.2) is 9.59 Å². The lowest BCUT2D eigenvalue weighted by Crippen LogP contribution is -2.28. The largest absolute Gasteiger partial charge is 0.461 e. The summed E-state index contributed by atoms with van der Waals surface area (Å²) in [5, 5.41) is 2.52. The molecule has 0 aromatic rings. The van der Waals surface area contributed by atoms with Crippen LogP contribution in [0.3, 0.4) is 0 Å². The van der Waals surface area contributed by atoms with Crippen molar-refractivity contribution in [2.24, 2.45) is 0 Å². The van der Waals surface area contributed by atoms with Crippen LogP contribution in [0.1, 0.15) is 71.1 Å². The molecule has 23 heavy (non-hydrogen) atoms. The highest BCUT2D eigenvalue weighted by atomic mass is 16.6. The lowest BCUT2D eigenvalue weighted by Gasteiger charge is -2.07. The first-order valence-electron chi connectivity index (χ1n) is 8.90. The third-order valence-electron chi connectivity index (χ3n) is 3.51. The molecule has 0 aliphatic carbocycles. The van der Waals surface area contributed by atoms with Crippen molar-refractivity contribution in [1.29, 1.82) is 0 Å². The molecule has 0 aromatic heterocycles. The van der Waals surface area contributed by atoms with Crippen LogP contribution in [-0.4, -0.2) is 31.8 Å². The number of carbonyl (C=O) groups is 2. The van der Waals surface area contributed by atoms with Gasteiger partial charge in [0, 0.05) is 6.08 Å². The van der Waals surface area contributed by atoms with Gasteiger partial charge in [0.2, 0.25) is 0 Å². The van der Waals surface area contributed by atoms with E-state index in [1.807, 2.05) is 0 Å². The number of amides is 1. The van der Waals surface area contributed by atoms with E-state index in [-0.39, 0.29) is 13.2 Å². The third-order valence-corrected chi connectivity index (χ3v) is 3.51. The summed E-state index contributed by atoms with van der Waals surface area (Å²) in [5.74, 6) is -0.495. The summed E-state index contributed by atoms with van der Waals surface area (Å²) in [6, 6.07) is 0. The van der Waals surface area contributed by atoms with E-state index >= 15 is 0 Å². The van der Waals surface area contributed by atoms with Gasteiger partial charge in [-0.15, -0.1) is 0 Å². The third kappa shape index (κ3) is 16.7. The summed E-state index contributed by atoms with van der Waals surface area (Å²) in [4.78, 5) is 22.1. The van der Waals surface area contributed by atoms with E-state index in [1.165, 1.54) is 51.4 Å². The second-order valence-electron chi connectivity index (χ2n) is 5.62. The predicted octanol–water partition coefficient (Wildman–Crippen LogP) is 4.36. The number of unbranched alkanes of at least 4 members (excludes halogenated alkanes) is 9. The standard InChI is InChI=1S/C18H33NO4/c1-3-5-6-7-8-9-10-11-12-13-15-23-18(21)19-14-16-22-17(20)4-2/h4H,2-3,5-16H2,1H3,(H,19,21). The monoisotopic (exact) mass is 327 g/mol. The van der Waals surface area contributed by atoms with Gasteiger partial charge in [0.25, 0.3) is 0 Å². The number of hydrogen-bond acceptors (Lipinski definition) is 4. The minimum Gasteiger partial charge on any atom is -0.461 e. The Kier molecular flexibility index (Phi) is 15.7. The van der Waals surface area contributed by atoms with Crippen LogP contribution in [0, 0.1) is 0 Å². The fraction of sp³-hybridized carbons (Fsp3) is 0.778. The van der Waals surface area contributed by atoms with Crippen LogP contribution in [0.4, 0.5) is 4.79 Å². The van der Waals surface area contributed by atoms with Gasteiger partial charge >= 0.3 is 12.1 Å². The Morgan fingerprint density at radius 3 is 2.00 bits per heavy atom. The average molecular weight is 327 g/mol. The molecule has 0 aliphatic rings. The minimum atomic E-state index is -0.495. The summed E-state index contributed by atoms with van der Waals surface area (Å²) in [6.07, 6.45) is 13.1. The summed E-state index contributed by atoms with van der Waals surface area (Å²) in [6.45, 7) is 6.33. The first kappa shape index (κ1) is 21.5. The first-order chi connectivity index (χ1) is 11.2. The quantitative estimate of drug-likeness (QED) is 0.276. The molecule has 0 rings (SSSR count). The molecule has 0 fully saturated rings. The van der Waals surface area contributed by atoms with E-state index in [1.54, 1.807) is 0 Å². The number of alkyl carbamates (subject to hydrolysis) is 1. The van der Waals surface area contributed by atoms with E-state index in [9.17, 15) is 9.59 Å². The molecule has 0 aliphatic heterocycles. The van der Waals surface area contributed by atoms with Crippen LogP contribution < -0.4 is 5.32 Å². The van der Waals surface area contributed by atoms with Crippen molar-refractivity contribution >= 4 is 12.1 Å². The Balaban J connectivity index is 3.20. The molecule has 134 valence electrons. The SMILES string of the molecule is C=CC(=O)OCCNC(=O)OCCCCCCCCCCCC. The number of ether oxygens (including phenoxy) is 2. The minimum absolute atomic E-state index is 0.123. The smallest absolute Gasteiger partial charge is 0.407 e. The number of carbonyl (C=O) groups excluding carboxylic acids is 2. The van der Waals surface area contributed by atoms with E-state index in [2.05, 4.69) is 18.8 Å². The molecule has 0 heterocycles. The highest BCUT2D eigenvalue weighted by Crippen LogP contribution is 2.10. The molecular weight excluding hydrogens is 294 g/mol. The first-order valence-corrected chi connectivity index (χ1v) is 8.90. The predicted molar refractivity (Wildman–Crippen MR) is 92.4 cm³/mol. The molecule has 5 nitrogen and oxygen atoms in total. The highest BCUT2D eigenvalue weighted by Gasteiger charge is 2.01. The molecule has 0 saturated carbocycles.